The molecule has 160 valence electrons. The predicted molar refractivity (Wildman–Crippen MR) is 119 cm³/mol. The van der Waals surface area contributed by atoms with Crippen LogP contribution in [0.1, 0.15) is 36.3 Å². The van der Waals surface area contributed by atoms with Gasteiger partial charge in [-0.1, -0.05) is 18.2 Å². The molecule has 1 aromatic carbocycles. The van der Waals surface area contributed by atoms with Crippen molar-refractivity contribution in [1.82, 2.24) is 15.3 Å². The van der Waals surface area contributed by atoms with Gasteiger partial charge in [-0.25, -0.2) is 0 Å². The number of aromatic nitrogens is 2. The normalized spacial score (nSPS) is 16.0. The SMILES string of the molecule is CC(C)(O)CNC(=O)C1CC(=O)c2c([nH]c(-c3ccncc3)c2Nc2ccccc2)C1. The zero-order valence-electron chi connectivity index (χ0n) is 17.6. The Hall–Kier alpha value is -3.45. The molecule has 2 heterocycles. The summed E-state index contributed by atoms with van der Waals surface area (Å²) in [6.07, 6.45) is 3.96. The van der Waals surface area contributed by atoms with Gasteiger partial charge >= 0.3 is 0 Å². The molecule has 0 radical (unpaired) electrons. The van der Waals surface area contributed by atoms with E-state index >= 15 is 0 Å². The Kier molecular flexibility index (Phi) is 5.61. The van der Waals surface area contributed by atoms with Gasteiger partial charge in [-0.15, -0.1) is 0 Å². The molecule has 2 aromatic heterocycles. The van der Waals surface area contributed by atoms with Crippen LogP contribution in [0.3, 0.4) is 0 Å². The van der Waals surface area contributed by atoms with E-state index in [1.807, 2.05) is 42.5 Å². The van der Waals surface area contributed by atoms with Crippen LogP contribution in [0.2, 0.25) is 0 Å². The molecule has 0 saturated heterocycles. The smallest absolute Gasteiger partial charge is 0.224 e. The summed E-state index contributed by atoms with van der Waals surface area (Å²) in [7, 11) is 0. The molecule has 0 fully saturated rings. The lowest BCUT2D eigenvalue weighted by atomic mass is 9.85. The van der Waals surface area contributed by atoms with E-state index in [2.05, 4.69) is 20.6 Å². The molecule has 1 unspecified atom stereocenters. The van der Waals surface area contributed by atoms with Gasteiger partial charge in [-0.05, 0) is 38.1 Å². The third-order valence-corrected chi connectivity index (χ3v) is 5.32. The second kappa shape index (κ2) is 8.35. The first kappa shape index (κ1) is 20.8. The molecule has 7 nitrogen and oxygen atoms in total. The minimum absolute atomic E-state index is 0.0837. The van der Waals surface area contributed by atoms with Crippen LogP contribution in [0, 0.1) is 5.92 Å². The monoisotopic (exact) mass is 418 g/mol. The van der Waals surface area contributed by atoms with Crippen molar-refractivity contribution in [3.8, 4) is 11.3 Å². The number of nitrogens with one attached hydrogen (secondary N) is 3. The van der Waals surface area contributed by atoms with Gasteiger partial charge in [0.05, 0.1) is 28.5 Å². The molecule has 0 aliphatic heterocycles. The Balaban J connectivity index is 1.69. The number of aromatic amines is 1. The number of carbonyl (C=O) groups excluding carboxylic acids is 2. The Morgan fingerprint density at radius 1 is 1.16 bits per heavy atom. The highest BCUT2D eigenvalue weighted by Crippen LogP contribution is 2.39. The van der Waals surface area contributed by atoms with Crippen molar-refractivity contribution < 1.29 is 14.7 Å². The topological polar surface area (TPSA) is 107 Å². The van der Waals surface area contributed by atoms with E-state index in [0.717, 1.165) is 22.6 Å². The largest absolute Gasteiger partial charge is 0.389 e. The zero-order valence-corrected chi connectivity index (χ0v) is 17.6. The number of nitrogens with zero attached hydrogens (tertiary/aromatic N) is 1. The van der Waals surface area contributed by atoms with Crippen LogP contribution in [0.4, 0.5) is 11.4 Å². The molecular weight excluding hydrogens is 392 g/mol. The molecule has 3 aromatic rings. The number of hydrogen-bond donors (Lipinski definition) is 4. The van der Waals surface area contributed by atoms with Crippen LogP contribution in [0.15, 0.2) is 54.9 Å². The third kappa shape index (κ3) is 4.67. The number of Topliss-reactive ketones (excluding diaryl/α,β-unsaturated/α-hetero) is 1. The molecule has 1 aliphatic rings. The van der Waals surface area contributed by atoms with Crippen molar-refractivity contribution in [3.63, 3.8) is 0 Å². The summed E-state index contributed by atoms with van der Waals surface area (Å²) in [5.41, 5.74) is 3.62. The quantitative estimate of drug-likeness (QED) is 0.490. The second-order valence-corrected chi connectivity index (χ2v) is 8.51. The fourth-order valence-corrected chi connectivity index (χ4v) is 3.82. The lowest BCUT2D eigenvalue weighted by Crippen LogP contribution is -2.42. The summed E-state index contributed by atoms with van der Waals surface area (Å²) < 4.78 is 0. The molecule has 4 N–H and O–H groups in total. The number of amides is 1. The number of anilines is 2. The maximum atomic E-state index is 13.2. The first-order valence-corrected chi connectivity index (χ1v) is 10.3. The molecule has 1 amide bonds. The number of carbonyl (C=O) groups is 2. The van der Waals surface area contributed by atoms with Crippen molar-refractivity contribution in [3.05, 3.63) is 66.1 Å². The number of rotatable bonds is 6. The van der Waals surface area contributed by atoms with E-state index in [1.165, 1.54) is 0 Å². The average Bonchev–Trinajstić information content (AvgIpc) is 3.11. The molecule has 7 heteroatoms. The number of ketones is 1. The molecule has 31 heavy (non-hydrogen) atoms. The molecule has 1 aliphatic carbocycles. The summed E-state index contributed by atoms with van der Waals surface area (Å²) in [4.78, 5) is 33.3. The minimum atomic E-state index is -1.01. The van der Waals surface area contributed by atoms with Gasteiger partial charge < -0.3 is 20.7 Å². The van der Waals surface area contributed by atoms with E-state index < -0.39 is 11.5 Å². The molecule has 0 spiro atoms. The highest BCUT2D eigenvalue weighted by molar-refractivity contribution is 6.09. The van der Waals surface area contributed by atoms with Crippen molar-refractivity contribution in [2.75, 3.05) is 11.9 Å². The molecule has 4 rings (SSSR count). The summed E-state index contributed by atoms with van der Waals surface area (Å²) in [5.74, 6) is -0.783. The number of aliphatic hydroxyl groups is 1. The summed E-state index contributed by atoms with van der Waals surface area (Å²) in [6, 6.07) is 13.4. The lowest BCUT2D eigenvalue weighted by Gasteiger charge is -2.24. The predicted octanol–water partition coefficient (Wildman–Crippen LogP) is 3.45. The van der Waals surface area contributed by atoms with E-state index in [1.54, 1.807) is 26.2 Å². The fraction of sp³-hybridized carbons (Fsp3) is 0.292. The second-order valence-electron chi connectivity index (χ2n) is 8.51. The Morgan fingerprint density at radius 3 is 2.55 bits per heavy atom. The average molecular weight is 418 g/mol. The van der Waals surface area contributed by atoms with Crippen LogP contribution < -0.4 is 10.6 Å². The van der Waals surface area contributed by atoms with Crippen LogP contribution >= 0.6 is 0 Å². The van der Waals surface area contributed by atoms with Crippen LogP contribution in [0.5, 0.6) is 0 Å². The number of fused-ring (bicyclic) bond motifs is 1. The van der Waals surface area contributed by atoms with Gasteiger partial charge in [0.2, 0.25) is 5.91 Å². The molecule has 1 atom stereocenters. The Labute approximate surface area is 180 Å². The van der Waals surface area contributed by atoms with Crippen molar-refractivity contribution in [2.24, 2.45) is 5.92 Å². The van der Waals surface area contributed by atoms with Crippen LogP contribution in [-0.2, 0) is 11.2 Å². The number of H-pyrrole nitrogens is 1. The van der Waals surface area contributed by atoms with Crippen LogP contribution in [-0.4, -0.2) is 38.9 Å². The van der Waals surface area contributed by atoms with Crippen molar-refractivity contribution in [1.29, 1.82) is 0 Å². The first-order chi connectivity index (χ1) is 14.8. The van der Waals surface area contributed by atoms with E-state index in [9.17, 15) is 14.7 Å². The van der Waals surface area contributed by atoms with Gasteiger partial charge in [0.1, 0.15) is 0 Å². The summed E-state index contributed by atoms with van der Waals surface area (Å²) >= 11 is 0. The van der Waals surface area contributed by atoms with Gasteiger partial charge in [-0.3, -0.25) is 14.6 Å². The standard InChI is InChI=1S/C24H26N4O3/c1-24(2,31)14-26-23(30)16-12-18-20(19(29)13-16)22(27-17-6-4-3-5-7-17)21(28-18)15-8-10-25-11-9-15/h3-11,16,27-28,31H,12-14H2,1-2H3,(H,26,30). The molecular formula is C24H26N4O3. The Morgan fingerprint density at radius 2 is 1.87 bits per heavy atom. The van der Waals surface area contributed by atoms with Crippen molar-refractivity contribution >= 4 is 23.1 Å². The van der Waals surface area contributed by atoms with E-state index in [4.69, 9.17) is 0 Å². The maximum absolute atomic E-state index is 13.2. The van der Waals surface area contributed by atoms with Gasteiger partial charge in [-0.2, -0.15) is 0 Å². The van der Waals surface area contributed by atoms with Gasteiger partial charge in [0, 0.05) is 48.7 Å². The van der Waals surface area contributed by atoms with Gasteiger partial charge in [0.25, 0.3) is 0 Å². The lowest BCUT2D eigenvalue weighted by molar-refractivity contribution is -0.126. The number of hydrogen-bond acceptors (Lipinski definition) is 5. The zero-order chi connectivity index (χ0) is 22.0. The number of pyridine rings is 1. The Bertz CT molecular complexity index is 1090. The van der Waals surface area contributed by atoms with E-state index in [0.29, 0.717) is 17.7 Å². The number of benzene rings is 1. The number of para-hydroxylation sites is 1. The van der Waals surface area contributed by atoms with Crippen LogP contribution in [0.25, 0.3) is 11.3 Å². The minimum Gasteiger partial charge on any atom is -0.389 e. The molecule has 0 saturated carbocycles. The van der Waals surface area contributed by atoms with Crippen molar-refractivity contribution in [2.45, 2.75) is 32.3 Å². The highest BCUT2D eigenvalue weighted by atomic mass is 16.3. The fourth-order valence-electron chi connectivity index (χ4n) is 3.82. The molecule has 0 bridgehead atoms. The highest BCUT2D eigenvalue weighted by Gasteiger charge is 2.35. The maximum Gasteiger partial charge on any atom is 0.224 e. The summed E-state index contributed by atoms with van der Waals surface area (Å²) in [5, 5.41) is 16.0. The third-order valence-electron chi connectivity index (χ3n) is 5.32. The van der Waals surface area contributed by atoms with Gasteiger partial charge in [0.15, 0.2) is 5.78 Å². The summed E-state index contributed by atoms with van der Waals surface area (Å²) in [6.45, 7) is 3.40. The van der Waals surface area contributed by atoms with E-state index in [-0.39, 0.29) is 24.7 Å². The first-order valence-electron chi connectivity index (χ1n) is 10.3.